The van der Waals surface area contributed by atoms with E-state index >= 15 is 0 Å². The van der Waals surface area contributed by atoms with E-state index in [1.54, 1.807) is 0 Å². The normalized spacial score (nSPS) is 34.6. The number of carbonyl (C=O) groups excluding carboxylic acids is 1. The zero-order chi connectivity index (χ0) is 26.6. The molecule has 0 radical (unpaired) electrons. The molecule has 0 N–H and O–H groups in total. The van der Waals surface area contributed by atoms with Gasteiger partial charge in [-0.25, -0.2) is 0 Å². The van der Waals surface area contributed by atoms with Gasteiger partial charge in [-0.1, -0.05) is 50.5 Å². The van der Waals surface area contributed by atoms with Crippen LogP contribution in [-0.2, 0) is 33.2 Å². The van der Waals surface area contributed by atoms with Crippen molar-refractivity contribution in [2.45, 2.75) is 134 Å². The lowest BCUT2D eigenvalue weighted by atomic mass is 9.89. The largest absolute Gasteiger partial charge is 0.469 e. The first kappa shape index (κ1) is 29.7. The molecule has 3 saturated heterocycles. The van der Waals surface area contributed by atoms with E-state index in [0.29, 0.717) is 18.8 Å². The van der Waals surface area contributed by atoms with E-state index in [1.165, 1.54) is 26.4 Å². The van der Waals surface area contributed by atoms with Crippen LogP contribution in [0.25, 0.3) is 0 Å². The zero-order valence-electron chi connectivity index (χ0n) is 23.6. The number of fused-ring (bicyclic) bond motifs is 1. The molecule has 3 aliphatic heterocycles. The van der Waals surface area contributed by atoms with Crippen LogP contribution in [0.5, 0.6) is 0 Å². The Balaban J connectivity index is 1.40. The minimum atomic E-state index is -0.177. The molecule has 216 valence electrons. The monoisotopic (exact) mass is 534 g/mol. The molecule has 4 rings (SSSR count). The summed E-state index contributed by atoms with van der Waals surface area (Å²) in [5.74, 6) is 0.490. The molecule has 3 heterocycles. The molecule has 0 aromatic heterocycles. The Labute approximate surface area is 229 Å². The van der Waals surface area contributed by atoms with Crippen molar-refractivity contribution in [3.05, 3.63) is 24.3 Å². The van der Waals surface area contributed by atoms with Crippen molar-refractivity contribution in [2.24, 2.45) is 11.8 Å². The molecule has 4 fully saturated rings. The molecule has 0 amide bonds. The first-order chi connectivity index (χ1) is 18.7. The van der Waals surface area contributed by atoms with Crippen LogP contribution in [-0.4, -0.2) is 63.3 Å². The van der Waals surface area contributed by atoms with E-state index in [9.17, 15) is 4.79 Å². The summed E-state index contributed by atoms with van der Waals surface area (Å²) in [7, 11) is 1.43. The molecule has 4 aliphatic rings. The summed E-state index contributed by atoms with van der Waals surface area (Å²) in [5, 5.41) is 0. The van der Waals surface area contributed by atoms with Crippen LogP contribution in [0, 0.1) is 11.8 Å². The summed E-state index contributed by atoms with van der Waals surface area (Å²) < 4.78 is 36.1. The second kappa shape index (κ2) is 16.1. The van der Waals surface area contributed by atoms with Gasteiger partial charge in [0.25, 0.3) is 0 Å². The minimum absolute atomic E-state index is 0.0617. The Morgan fingerprint density at radius 1 is 1.00 bits per heavy atom. The van der Waals surface area contributed by atoms with Crippen molar-refractivity contribution in [2.75, 3.05) is 20.3 Å². The Bertz CT molecular complexity index is 741. The number of allylic oxidation sites excluding steroid dienone is 1. The van der Waals surface area contributed by atoms with Gasteiger partial charge in [0.05, 0.1) is 31.5 Å². The maximum absolute atomic E-state index is 11.4. The van der Waals surface area contributed by atoms with Gasteiger partial charge in [-0.05, 0) is 63.7 Å². The Hall–Kier alpha value is -1.25. The van der Waals surface area contributed by atoms with Gasteiger partial charge < -0.3 is 28.4 Å². The highest BCUT2D eigenvalue weighted by molar-refractivity contribution is 5.69. The zero-order valence-corrected chi connectivity index (χ0v) is 23.6. The summed E-state index contributed by atoms with van der Waals surface area (Å²) in [6, 6.07) is 0. The van der Waals surface area contributed by atoms with E-state index < -0.39 is 0 Å². The van der Waals surface area contributed by atoms with Gasteiger partial charge in [0, 0.05) is 32.0 Å². The number of hydrogen-bond donors (Lipinski definition) is 0. The van der Waals surface area contributed by atoms with Crippen LogP contribution in [0.1, 0.15) is 96.8 Å². The summed E-state index contributed by atoms with van der Waals surface area (Å²) in [6.07, 6.45) is 23.1. The Morgan fingerprint density at radius 2 is 1.79 bits per heavy atom. The van der Waals surface area contributed by atoms with Crippen LogP contribution in [0.3, 0.4) is 0 Å². The number of rotatable bonds is 14. The van der Waals surface area contributed by atoms with Gasteiger partial charge in [0.1, 0.15) is 0 Å². The Kier molecular flexibility index (Phi) is 12.6. The lowest BCUT2D eigenvalue weighted by molar-refractivity contribution is -0.194. The minimum Gasteiger partial charge on any atom is -0.469 e. The quantitative estimate of drug-likeness (QED) is 0.148. The SMILES string of the molecule is CCCCC[C@@H](/C=C/[C@@H]1[C@H]2CC(/C=C/CCC(=O)OC)O[C@H]2C[C@H]1OC1CCCCO1)OC1CCCCO1. The molecule has 0 bridgehead atoms. The van der Waals surface area contributed by atoms with Crippen molar-refractivity contribution < 1.29 is 33.2 Å². The summed E-state index contributed by atoms with van der Waals surface area (Å²) in [4.78, 5) is 11.4. The fourth-order valence-corrected chi connectivity index (χ4v) is 6.27. The molecule has 3 unspecified atom stereocenters. The van der Waals surface area contributed by atoms with Gasteiger partial charge in [0.2, 0.25) is 0 Å². The molecular formula is C31H50O7. The topological polar surface area (TPSA) is 72.5 Å². The standard InChI is InChI=1S/C31H50O7/c1-3-4-5-12-23(37-30-15-8-10-19-34-30)17-18-25-26-21-24(13-6-7-14-29(32)33-2)36-28(26)22-27(25)38-31-16-9-11-20-35-31/h6,13,17-18,23-28,30-31H,3-5,7-12,14-16,19-22H2,1-2H3/b13-6+,18-17+/t23-,24?,25+,26+,27+,28-,30?,31?/m0/s1. The van der Waals surface area contributed by atoms with Crippen molar-refractivity contribution in [3.8, 4) is 0 Å². The Morgan fingerprint density at radius 3 is 2.50 bits per heavy atom. The van der Waals surface area contributed by atoms with Crippen molar-refractivity contribution in [3.63, 3.8) is 0 Å². The highest BCUT2D eigenvalue weighted by Gasteiger charge is 2.49. The van der Waals surface area contributed by atoms with Gasteiger partial charge >= 0.3 is 5.97 Å². The molecule has 0 spiro atoms. The van der Waals surface area contributed by atoms with Crippen molar-refractivity contribution >= 4 is 5.97 Å². The first-order valence-corrected chi connectivity index (χ1v) is 15.3. The first-order valence-electron chi connectivity index (χ1n) is 15.3. The molecule has 7 heteroatoms. The number of unbranched alkanes of at least 4 members (excludes halogenated alkanes) is 2. The third-order valence-electron chi connectivity index (χ3n) is 8.38. The van der Waals surface area contributed by atoms with Crippen LogP contribution >= 0.6 is 0 Å². The van der Waals surface area contributed by atoms with E-state index in [4.69, 9.17) is 28.4 Å². The lowest BCUT2D eigenvalue weighted by Crippen LogP contribution is -2.31. The predicted molar refractivity (Wildman–Crippen MR) is 145 cm³/mol. The number of hydrogen-bond acceptors (Lipinski definition) is 7. The average molecular weight is 535 g/mol. The predicted octanol–water partition coefficient (Wildman–Crippen LogP) is 6.25. The molecule has 0 aromatic carbocycles. The molecule has 7 nitrogen and oxygen atoms in total. The van der Waals surface area contributed by atoms with Crippen molar-refractivity contribution in [1.82, 2.24) is 0 Å². The van der Waals surface area contributed by atoms with Crippen LogP contribution < -0.4 is 0 Å². The second-order valence-electron chi connectivity index (χ2n) is 11.3. The number of esters is 1. The van der Waals surface area contributed by atoms with Crippen LogP contribution in [0.2, 0.25) is 0 Å². The molecule has 1 saturated carbocycles. The maximum atomic E-state index is 11.4. The van der Waals surface area contributed by atoms with E-state index in [-0.39, 0.29) is 48.9 Å². The summed E-state index contributed by atoms with van der Waals surface area (Å²) in [6.45, 7) is 3.82. The van der Waals surface area contributed by atoms with Gasteiger partial charge in [-0.2, -0.15) is 0 Å². The smallest absolute Gasteiger partial charge is 0.305 e. The molecule has 8 atom stereocenters. The number of ether oxygens (including phenoxy) is 6. The molecular weight excluding hydrogens is 484 g/mol. The highest BCUT2D eigenvalue weighted by atomic mass is 16.7. The maximum Gasteiger partial charge on any atom is 0.305 e. The fraction of sp³-hybridized carbons (Fsp3) is 0.839. The average Bonchev–Trinajstić information content (AvgIpc) is 3.47. The van der Waals surface area contributed by atoms with E-state index in [1.807, 2.05) is 0 Å². The third kappa shape index (κ3) is 9.16. The second-order valence-corrected chi connectivity index (χ2v) is 11.3. The van der Waals surface area contributed by atoms with Gasteiger partial charge in [-0.15, -0.1) is 0 Å². The molecule has 38 heavy (non-hydrogen) atoms. The lowest BCUT2D eigenvalue weighted by Gasteiger charge is -2.30. The van der Waals surface area contributed by atoms with Crippen LogP contribution in [0.4, 0.5) is 0 Å². The van der Waals surface area contributed by atoms with Crippen LogP contribution in [0.15, 0.2) is 24.3 Å². The number of carbonyl (C=O) groups is 1. The van der Waals surface area contributed by atoms with E-state index in [0.717, 1.165) is 71.0 Å². The van der Waals surface area contributed by atoms with E-state index in [2.05, 4.69) is 31.2 Å². The molecule has 1 aliphatic carbocycles. The fourth-order valence-electron chi connectivity index (χ4n) is 6.27. The van der Waals surface area contributed by atoms with Gasteiger partial charge in [0.15, 0.2) is 12.6 Å². The van der Waals surface area contributed by atoms with Gasteiger partial charge in [-0.3, -0.25) is 4.79 Å². The molecule has 0 aromatic rings. The summed E-state index contributed by atoms with van der Waals surface area (Å²) >= 11 is 0. The summed E-state index contributed by atoms with van der Waals surface area (Å²) in [5.41, 5.74) is 0. The van der Waals surface area contributed by atoms with Crippen molar-refractivity contribution in [1.29, 1.82) is 0 Å². The number of methoxy groups -OCH3 is 1. The third-order valence-corrected chi connectivity index (χ3v) is 8.38. The highest BCUT2D eigenvalue weighted by Crippen LogP contribution is 2.46.